The predicted molar refractivity (Wildman–Crippen MR) is 108 cm³/mol. The molecule has 2 aromatic rings. The van der Waals surface area contributed by atoms with Crippen molar-refractivity contribution in [2.24, 2.45) is 0 Å². The van der Waals surface area contributed by atoms with E-state index >= 15 is 0 Å². The third-order valence-electron chi connectivity index (χ3n) is 4.76. The molecule has 0 bridgehead atoms. The molecule has 3 rings (SSSR count). The first-order valence-corrected chi connectivity index (χ1v) is 9.82. The summed E-state index contributed by atoms with van der Waals surface area (Å²) in [6, 6.07) is 11.4. The molecule has 1 aromatic heterocycles. The maximum atomic E-state index is 12.1. The number of carbonyl (C=O) groups is 1. The minimum atomic E-state index is -0.00486. The highest BCUT2D eigenvalue weighted by Crippen LogP contribution is 2.18. The summed E-state index contributed by atoms with van der Waals surface area (Å²) in [6.07, 6.45) is 6.03. The quantitative estimate of drug-likeness (QED) is 0.774. The number of hydrogen-bond donors (Lipinski definition) is 1. The zero-order valence-electron chi connectivity index (χ0n) is 15.7. The molecule has 0 atom stereocenters. The number of hydrogen-bond acceptors (Lipinski definition) is 4. The molecule has 0 radical (unpaired) electrons. The smallest absolute Gasteiger partial charge is 0.224 e. The van der Waals surface area contributed by atoms with Gasteiger partial charge in [-0.25, -0.2) is 4.98 Å². The molecule has 0 aliphatic carbocycles. The maximum Gasteiger partial charge on any atom is 0.224 e. The van der Waals surface area contributed by atoms with Gasteiger partial charge in [-0.1, -0.05) is 23.7 Å². The molecule has 1 aromatic carbocycles. The standard InChI is InChI=1S/C21H26ClN3O2/c1-25-13-11-19(12-14-25)27-21-10-9-18(15-23-21)24-20(26)4-2-3-16-5-7-17(22)8-6-16/h5-10,15,19H,2-4,11-14H2,1H3,(H,24,26). The summed E-state index contributed by atoms with van der Waals surface area (Å²) in [5.74, 6) is 0.611. The number of pyridine rings is 1. The summed E-state index contributed by atoms with van der Waals surface area (Å²) < 4.78 is 5.93. The van der Waals surface area contributed by atoms with Gasteiger partial charge < -0.3 is 15.0 Å². The third kappa shape index (κ3) is 6.52. The summed E-state index contributed by atoms with van der Waals surface area (Å²) in [7, 11) is 2.13. The number of halogens is 1. The zero-order valence-corrected chi connectivity index (χ0v) is 16.4. The largest absolute Gasteiger partial charge is 0.474 e. The predicted octanol–water partition coefficient (Wildman–Crippen LogP) is 4.17. The maximum absolute atomic E-state index is 12.1. The number of anilines is 1. The summed E-state index contributed by atoms with van der Waals surface area (Å²) >= 11 is 5.88. The van der Waals surface area contributed by atoms with Crippen LogP contribution in [0.15, 0.2) is 42.6 Å². The molecule has 1 fully saturated rings. The molecular weight excluding hydrogens is 362 g/mol. The Kier molecular flexibility index (Phi) is 7.07. The topological polar surface area (TPSA) is 54.5 Å². The molecule has 1 saturated heterocycles. The van der Waals surface area contributed by atoms with Crippen LogP contribution in [0.4, 0.5) is 5.69 Å². The van der Waals surface area contributed by atoms with Crippen molar-refractivity contribution in [2.45, 2.75) is 38.2 Å². The van der Waals surface area contributed by atoms with Crippen molar-refractivity contribution < 1.29 is 9.53 Å². The minimum Gasteiger partial charge on any atom is -0.474 e. The van der Waals surface area contributed by atoms with Crippen LogP contribution in [0, 0.1) is 0 Å². The van der Waals surface area contributed by atoms with Gasteiger partial charge in [0.25, 0.3) is 0 Å². The summed E-state index contributed by atoms with van der Waals surface area (Å²) in [5.41, 5.74) is 1.88. The average Bonchev–Trinajstić information content (AvgIpc) is 2.67. The fourth-order valence-electron chi connectivity index (χ4n) is 3.13. The van der Waals surface area contributed by atoms with Gasteiger partial charge in [0.2, 0.25) is 11.8 Å². The number of benzene rings is 1. The number of carbonyl (C=O) groups excluding carboxylic acids is 1. The van der Waals surface area contributed by atoms with Gasteiger partial charge in [0.15, 0.2) is 0 Å². The van der Waals surface area contributed by atoms with E-state index in [0.717, 1.165) is 43.8 Å². The molecule has 0 spiro atoms. The molecular formula is C21H26ClN3O2. The van der Waals surface area contributed by atoms with Gasteiger partial charge in [-0.2, -0.15) is 0 Å². The highest BCUT2D eigenvalue weighted by molar-refractivity contribution is 6.30. The van der Waals surface area contributed by atoms with Crippen molar-refractivity contribution in [1.29, 1.82) is 0 Å². The van der Waals surface area contributed by atoms with Gasteiger partial charge in [0.1, 0.15) is 6.10 Å². The first-order valence-electron chi connectivity index (χ1n) is 9.44. The van der Waals surface area contributed by atoms with Crippen molar-refractivity contribution in [1.82, 2.24) is 9.88 Å². The lowest BCUT2D eigenvalue weighted by molar-refractivity contribution is -0.116. The Morgan fingerprint density at radius 2 is 1.96 bits per heavy atom. The molecule has 0 unspecified atom stereocenters. The molecule has 1 aliphatic rings. The molecule has 6 heteroatoms. The van der Waals surface area contributed by atoms with Gasteiger partial charge in [-0.05, 0) is 56.5 Å². The van der Waals surface area contributed by atoms with E-state index in [1.807, 2.05) is 36.4 Å². The molecule has 144 valence electrons. The minimum absolute atomic E-state index is 0.00486. The van der Waals surface area contributed by atoms with E-state index in [2.05, 4.69) is 22.2 Å². The van der Waals surface area contributed by atoms with Crippen molar-refractivity contribution in [3.8, 4) is 5.88 Å². The summed E-state index contributed by atoms with van der Waals surface area (Å²) in [5, 5.41) is 3.62. The molecule has 1 aliphatic heterocycles. The van der Waals surface area contributed by atoms with E-state index in [1.54, 1.807) is 6.20 Å². The van der Waals surface area contributed by atoms with Gasteiger partial charge in [-0.15, -0.1) is 0 Å². The van der Waals surface area contributed by atoms with Gasteiger partial charge in [0.05, 0.1) is 11.9 Å². The molecule has 5 nitrogen and oxygen atoms in total. The first kappa shape index (κ1) is 19.6. The average molecular weight is 388 g/mol. The highest BCUT2D eigenvalue weighted by atomic mass is 35.5. The van der Waals surface area contributed by atoms with Crippen molar-refractivity contribution in [3.05, 3.63) is 53.2 Å². The van der Waals surface area contributed by atoms with Gasteiger partial charge in [-0.3, -0.25) is 4.79 Å². The fraction of sp³-hybridized carbons (Fsp3) is 0.429. The number of amides is 1. The van der Waals surface area contributed by atoms with Crippen LogP contribution < -0.4 is 10.1 Å². The fourth-order valence-corrected chi connectivity index (χ4v) is 3.25. The second-order valence-electron chi connectivity index (χ2n) is 7.03. The van der Waals surface area contributed by atoms with Crippen LogP contribution in [0.5, 0.6) is 5.88 Å². The molecule has 27 heavy (non-hydrogen) atoms. The molecule has 1 N–H and O–H groups in total. The van der Waals surface area contributed by atoms with Crippen LogP contribution >= 0.6 is 11.6 Å². The van der Waals surface area contributed by atoms with Gasteiger partial charge in [0, 0.05) is 30.6 Å². The van der Waals surface area contributed by atoms with Gasteiger partial charge >= 0.3 is 0 Å². The number of nitrogens with zero attached hydrogens (tertiary/aromatic N) is 2. The number of rotatable bonds is 7. The lowest BCUT2D eigenvalue weighted by Gasteiger charge is -2.28. The SMILES string of the molecule is CN1CCC(Oc2ccc(NC(=O)CCCc3ccc(Cl)cc3)cn2)CC1. The van der Waals surface area contributed by atoms with Crippen molar-refractivity contribution in [2.75, 3.05) is 25.5 Å². The second kappa shape index (κ2) is 9.72. The van der Waals surface area contributed by atoms with Crippen LogP contribution in [0.3, 0.4) is 0 Å². The highest BCUT2D eigenvalue weighted by Gasteiger charge is 2.18. The Labute approximate surface area is 165 Å². The van der Waals surface area contributed by atoms with E-state index in [9.17, 15) is 4.79 Å². The Bertz CT molecular complexity index is 726. The van der Waals surface area contributed by atoms with E-state index < -0.39 is 0 Å². The monoisotopic (exact) mass is 387 g/mol. The van der Waals surface area contributed by atoms with E-state index in [0.29, 0.717) is 18.0 Å². The molecule has 1 amide bonds. The molecule has 2 heterocycles. The van der Waals surface area contributed by atoms with Crippen molar-refractivity contribution >= 4 is 23.2 Å². The van der Waals surface area contributed by atoms with Crippen molar-refractivity contribution in [3.63, 3.8) is 0 Å². The van der Waals surface area contributed by atoms with Crippen LogP contribution in [0.1, 0.15) is 31.2 Å². The zero-order chi connectivity index (χ0) is 19.1. The Hall–Kier alpha value is -2.11. The number of aromatic nitrogens is 1. The number of nitrogens with one attached hydrogen (secondary N) is 1. The second-order valence-corrected chi connectivity index (χ2v) is 7.47. The first-order chi connectivity index (χ1) is 13.1. The Balaban J connectivity index is 1.39. The Morgan fingerprint density at radius 3 is 2.63 bits per heavy atom. The summed E-state index contributed by atoms with van der Waals surface area (Å²) in [6.45, 7) is 2.10. The third-order valence-corrected chi connectivity index (χ3v) is 5.01. The lowest BCUT2D eigenvalue weighted by atomic mass is 10.1. The number of ether oxygens (including phenoxy) is 1. The van der Waals surface area contributed by atoms with Crippen LogP contribution in [0.2, 0.25) is 5.02 Å². The number of likely N-dealkylation sites (tertiary alicyclic amines) is 1. The number of piperidine rings is 1. The number of aryl methyl sites for hydroxylation is 1. The Morgan fingerprint density at radius 1 is 1.22 bits per heavy atom. The van der Waals surface area contributed by atoms with E-state index in [4.69, 9.17) is 16.3 Å². The normalized spacial score (nSPS) is 15.5. The van der Waals surface area contributed by atoms with Crippen LogP contribution in [-0.4, -0.2) is 42.0 Å². The van der Waals surface area contributed by atoms with E-state index in [1.165, 1.54) is 5.56 Å². The molecule has 0 saturated carbocycles. The van der Waals surface area contributed by atoms with Crippen LogP contribution in [0.25, 0.3) is 0 Å². The lowest BCUT2D eigenvalue weighted by Crippen LogP contribution is -2.35. The van der Waals surface area contributed by atoms with E-state index in [-0.39, 0.29) is 12.0 Å². The summed E-state index contributed by atoms with van der Waals surface area (Å²) in [4.78, 5) is 18.7. The van der Waals surface area contributed by atoms with Crippen LogP contribution in [-0.2, 0) is 11.2 Å².